The Balaban J connectivity index is 1.66. The molecule has 0 aromatic heterocycles. The molecule has 1 aromatic rings. The fourth-order valence-corrected chi connectivity index (χ4v) is 7.34. The maximum Gasteiger partial charge on any atom is 0.409 e. The molecule has 0 radical (unpaired) electrons. The lowest BCUT2D eigenvalue weighted by molar-refractivity contribution is -0.117. The van der Waals surface area contributed by atoms with E-state index in [0.29, 0.717) is 23.5 Å². The van der Waals surface area contributed by atoms with Crippen molar-refractivity contribution in [1.82, 2.24) is 4.72 Å². The van der Waals surface area contributed by atoms with Crippen LogP contribution in [-0.2, 0) is 21.5 Å². The Morgan fingerprint density at radius 3 is 2.67 bits per heavy atom. The highest BCUT2D eigenvalue weighted by atomic mass is 32.2. The molecule has 1 amide bonds. The molecule has 4 rings (SSSR count). The number of amides is 1. The van der Waals surface area contributed by atoms with E-state index in [-0.39, 0.29) is 17.3 Å². The normalized spacial score (nSPS) is 32.5. The van der Waals surface area contributed by atoms with Gasteiger partial charge < -0.3 is 14.0 Å². The fourth-order valence-electron chi connectivity index (χ4n) is 6.58. The smallest absolute Gasteiger partial charge is 0.409 e. The van der Waals surface area contributed by atoms with Gasteiger partial charge >= 0.3 is 10.3 Å². The summed E-state index contributed by atoms with van der Waals surface area (Å²) < 4.78 is 36.5. The van der Waals surface area contributed by atoms with E-state index in [1.54, 1.807) is 6.07 Å². The summed E-state index contributed by atoms with van der Waals surface area (Å²) in [7, 11) is -2.77. The average Bonchev–Trinajstić information content (AvgIpc) is 3.03. The maximum atomic E-state index is 12.1. The van der Waals surface area contributed by atoms with E-state index in [2.05, 4.69) is 6.92 Å². The van der Waals surface area contributed by atoms with Gasteiger partial charge in [0, 0.05) is 6.92 Å². The molecule has 1 aromatic carbocycles. The van der Waals surface area contributed by atoms with E-state index in [1.807, 2.05) is 10.8 Å². The lowest BCUT2D eigenvalue weighted by atomic mass is 9.54. The Morgan fingerprint density at radius 2 is 2.00 bits per heavy atom. The van der Waals surface area contributed by atoms with Gasteiger partial charge in [-0.05, 0) is 91.4 Å². The van der Waals surface area contributed by atoms with Crippen molar-refractivity contribution in [1.29, 1.82) is 0 Å². The molecule has 0 heterocycles. The highest BCUT2D eigenvalue weighted by Crippen LogP contribution is 2.62. The number of carbonyl (C=O) groups is 1. The third-order valence-electron chi connectivity index (χ3n) is 7.81. The summed E-state index contributed by atoms with van der Waals surface area (Å²) in [5, 5.41) is 10.7. The largest absolute Gasteiger partial charge is 0.493 e. The molecule has 3 aliphatic rings. The summed E-state index contributed by atoms with van der Waals surface area (Å²) in [6.07, 6.45) is 6.71. The van der Waals surface area contributed by atoms with E-state index in [1.165, 1.54) is 12.7 Å². The van der Waals surface area contributed by atoms with E-state index < -0.39 is 16.2 Å². The monoisotopic (exact) mass is 437 g/mol. The first-order chi connectivity index (χ1) is 14.2. The van der Waals surface area contributed by atoms with Gasteiger partial charge in [-0.15, -0.1) is 0 Å². The molecule has 0 bridgehead atoms. The molecule has 0 saturated heterocycles. The van der Waals surface area contributed by atoms with Crippen LogP contribution in [0.4, 0.5) is 0 Å². The molecule has 5 atom stereocenters. The summed E-state index contributed by atoms with van der Waals surface area (Å²) in [6, 6.07) is 3.66. The van der Waals surface area contributed by atoms with Gasteiger partial charge in [0.15, 0.2) is 11.5 Å². The van der Waals surface area contributed by atoms with Crippen LogP contribution in [-0.4, -0.2) is 32.6 Å². The topological polar surface area (TPSA) is 102 Å². The first-order valence-electron chi connectivity index (χ1n) is 10.8. The van der Waals surface area contributed by atoms with Crippen molar-refractivity contribution in [2.75, 3.05) is 7.11 Å². The Bertz CT molecular complexity index is 945. The van der Waals surface area contributed by atoms with Gasteiger partial charge in [0.25, 0.3) is 0 Å². The standard InChI is InChI=1S/C22H31NO6S/c1-4-22-10-9-15-16(18(22)7-8-21(22)25)6-5-14-11-20(19(28-3)12-17(14)15)29-30(26,27)23-13(2)24/h11-12,15-16,18,21,25H,4-10H2,1-3H3,(H,23,24)/t15?,16?,18?,21-,22-/m0/s1. The third kappa shape index (κ3) is 3.47. The van der Waals surface area contributed by atoms with Gasteiger partial charge in [-0.1, -0.05) is 6.92 Å². The number of carbonyl (C=O) groups excluding carboxylic acids is 1. The number of fused-ring (bicyclic) bond motifs is 5. The van der Waals surface area contributed by atoms with Gasteiger partial charge in [0.05, 0.1) is 13.2 Å². The van der Waals surface area contributed by atoms with Crippen molar-refractivity contribution in [2.45, 2.75) is 70.8 Å². The van der Waals surface area contributed by atoms with Crippen LogP contribution in [0.1, 0.15) is 69.4 Å². The second-order valence-corrected chi connectivity index (χ2v) is 10.3. The molecule has 2 fully saturated rings. The lowest BCUT2D eigenvalue weighted by Crippen LogP contribution is -2.45. The molecule has 7 nitrogen and oxygen atoms in total. The Labute approximate surface area is 178 Å². The van der Waals surface area contributed by atoms with Crippen LogP contribution >= 0.6 is 0 Å². The van der Waals surface area contributed by atoms with E-state index in [0.717, 1.165) is 57.4 Å². The quantitative estimate of drug-likeness (QED) is 0.734. The van der Waals surface area contributed by atoms with Crippen molar-refractivity contribution in [2.24, 2.45) is 17.3 Å². The van der Waals surface area contributed by atoms with Gasteiger partial charge in [-0.25, -0.2) is 4.72 Å². The number of hydrogen-bond donors (Lipinski definition) is 2. The molecule has 30 heavy (non-hydrogen) atoms. The van der Waals surface area contributed by atoms with Crippen LogP contribution < -0.4 is 13.6 Å². The maximum absolute atomic E-state index is 12.1. The molecule has 3 aliphatic carbocycles. The van der Waals surface area contributed by atoms with E-state index >= 15 is 0 Å². The zero-order valence-corrected chi connectivity index (χ0v) is 18.6. The van der Waals surface area contributed by atoms with Crippen molar-refractivity contribution >= 4 is 16.2 Å². The number of rotatable bonds is 5. The molecule has 8 heteroatoms. The second kappa shape index (κ2) is 7.71. The van der Waals surface area contributed by atoms with Gasteiger partial charge in [-0.3, -0.25) is 4.79 Å². The molecule has 166 valence electrons. The number of aliphatic hydroxyl groups is 1. The van der Waals surface area contributed by atoms with E-state index in [9.17, 15) is 18.3 Å². The van der Waals surface area contributed by atoms with Gasteiger partial charge in [0.1, 0.15) is 0 Å². The number of aryl methyl sites for hydroxylation is 1. The minimum absolute atomic E-state index is 0.0538. The average molecular weight is 438 g/mol. The van der Waals surface area contributed by atoms with Crippen LogP contribution in [0.15, 0.2) is 12.1 Å². The number of nitrogens with one attached hydrogen (secondary N) is 1. The predicted octanol–water partition coefficient (Wildman–Crippen LogP) is 3.06. The SMILES string of the molecule is CC[C@]12CCC3c4cc(OC)c(OS(=O)(=O)NC(C)=O)cc4CCC3C1CC[C@@H]2O. The number of benzene rings is 1. The highest BCUT2D eigenvalue weighted by Gasteiger charge is 2.56. The van der Waals surface area contributed by atoms with Crippen LogP contribution in [0.3, 0.4) is 0 Å². The van der Waals surface area contributed by atoms with Crippen molar-refractivity contribution in [3.05, 3.63) is 23.3 Å². The zero-order chi connectivity index (χ0) is 21.7. The minimum atomic E-state index is -4.25. The van der Waals surface area contributed by atoms with Crippen molar-refractivity contribution in [3.63, 3.8) is 0 Å². The molecule has 3 unspecified atom stereocenters. The minimum Gasteiger partial charge on any atom is -0.493 e. The van der Waals surface area contributed by atoms with Crippen LogP contribution in [0.25, 0.3) is 0 Å². The first kappa shape index (κ1) is 21.4. The van der Waals surface area contributed by atoms with Crippen molar-refractivity contribution < 1.29 is 27.2 Å². The van der Waals surface area contributed by atoms with Crippen LogP contribution in [0.5, 0.6) is 11.5 Å². The molecule has 2 N–H and O–H groups in total. The summed E-state index contributed by atoms with van der Waals surface area (Å²) in [6.45, 7) is 3.32. The fraction of sp³-hybridized carbons (Fsp3) is 0.682. The number of ether oxygens (including phenoxy) is 1. The second-order valence-electron chi connectivity index (χ2n) is 9.03. The number of methoxy groups -OCH3 is 1. The first-order valence-corrected chi connectivity index (χ1v) is 12.2. The molecule has 0 aliphatic heterocycles. The van der Waals surface area contributed by atoms with Crippen LogP contribution in [0.2, 0.25) is 0 Å². The third-order valence-corrected chi connectivity index (χ3v) is 8.74. The van der Waals surface area contributed by atoms with E-state index in [4.69, 9.17) is 8.92 Å². The summed E-state index contributed by atoms with van der Waals surface area (Å²) >= 11 is 0. The van der Waals surface area contributed by atoms with Crippen molar-refractivity contribution in [3.8, 4) is 11.5 Å². The molecular weight excluding hydrogens is 406 g/mol. The van der Waals surface area contributed by atoms with Crippen LogP contribution in [0, 0.1) is 17.3 Å². The molecular formula is C22H31NO6S. The summed E-state index contributed by atoms with van der Waals surface area (Å²) in [4.78, 5) is 11.1. The molecule has 2 saturated carbocycles. The van der Waals surface area contributed by atoms with Gasteiger partial charge in [0.2, 0.25) is 5.91 Å². The number of hydrogen-bond acceptors (Lipinski definition) is 6. The predicted molar refractivity (Wildman–Crippen MR) is 112 cm³/mol. The van der Waals surface area contributed by atoms with Gasteiger partial charge in [-0.2, -0.15) is 8.42 Å². The highest BCUT2D eigenvalue weighted by molar-refractivity contribution is 7.85. The summed E-state index contributed by atoms with van der Waals surface area (Å²) in [5.41, 5.74) is 2.34. The Hall–Kier alpha value is -1.80. The zero-order valence-electron chi connectivity index (χ0n) is 17.8. The number of aliphatic hydroxyl groups excluding tert-OH is 1. The Kier molecular flexibility index (Phi) is 5.51. The molecule has 0 spiro atoms. The Morgan fingerprint density at radius 1 is 1.23 bits per heavy atom. The lowest BCUT2D eigenvalue weighted by Gasteiger charge is -2.51. The summed E-state index contributed by atoms with van der Waals surface area (Å²) in [5.74, 6) is 1.18.